The Bertz CT molecular complexity index is 1750. The number of pyridine rings is 3. The number of amides is 1. The zero-order valence-corrected chi connectivity index (χ0v) is 26.5. The van der Waals surface area contributed by atoms with Gasteiger partial charge in [-0.05, 0) is 94.6 Å². The van der Waals surface area contributed by atoms with Gasteiger partial charge in [0.25, 0.3) is 5.91 Å². The summed E-state index contributed by atoms with van der Waals surface area (Å²) in [5, 5.41) is 3.94. The lowest BCUT2D eigenvalue weighted by Gasteiger charge is -2.36. The Hall–Kier alpha value is -3.93. The number of fused-ring (bicyclic) bond motifs is 1. The van der Waals surface area contributed by atoms with Gasteiger partial charge in [0.2, 0.25) is 0 Å². The van der Waals surface area contributed by atoms with Gasteiger partial charge in [-0.15, -0.1) is 0 Å². The number of sulfone groups is 1. The molecular weight excluding hydrogens is 576 g/mol. The van der Waals surface area contributed by atoms with Gasteiger partial charge in [0.1, 0.15) is 5.82 Å². The van der Waals surface area contributed by atoms with E-state index in [1.807, 2.05) is 36.4 Å². The largest absolute Gasteiger partial charge is 0.372 e. The highest BCUT2D eigenvalue weighted by molar-refractivity contribution is 7.90. The number of aryl methyl sites for hydroxylation is 1. The number of benzene rings is 1. The van der Waals surface area contributed by atoms with Crippen LogP contribution in [0.25, 0.3) is 22.3 Å². The molecule has 1 fully saturated rings. The second-order valence-electron chi connectivity index (χ2n) is 11.6. The van der Waals surface area contributed by atoms with E-state index in [1.165, 1.54) is 6.07 Å². The van der Waals surface area contributed by atoms with Gasteiger partial charge in [-0.3, -0.25) is 9.78 Å². The molecule has 3 N–H and O–H groups in total. The van der Waals surface area contributed by atoms with Gasteiger partial charge in [0.15, 0.2) is 9.84 Å². The van der Waals surface area contributed by atoms with Crippen LogP contribution in [-0.4, -0.2) is 67.4 Å². The normalized spacial score (nSPS) is 17.9. The number of aromatic nitrogens is 3. The molecule has 5 rings (SSSR count). The van der Waals surface area contributed by atoms with E-state index in [0.717, 1.165) is 60.3 Å². The number of rotatable bonds is 10. The molecule has 1 saturated heterocycles. The molecule has 1 aliphatic rings. The molecule has 10 nitrogen and oxygen atoms in total. The van der Waals surface area contributed by atoms with Crippen LogP contribution < -0.4 is 16.0 Å². The standard InChI is InChI=1S/C33H40N6O4S/c1-21-11-12-24(16-31(21)44(4,41)42)33(40)38-27(8-5-6-15-34)30-17-29-25(18-35-30)13-14-28(36-29)26-9-7-10-32(37-26)39-19-22(2)43-23(3)20-39/h7,9-14,16-18,22-23,27H,5-6,8,15,19-20,34H2,1-4H3,(H,38,40)/t22-,23+,27-/m1/s1. The minimum Gasteiger partial charge on any atom is -0.372 e. The van der Waals surface area contributed by atoms with Gasteiger partial charge in [-0.1, -0.05) is 12.1 Å². The van der Waals surface area contributed by atoms with E-state index < -0.39 is 15.9 Å². The van der Waals surface area contributed by atoms with Crippen molar-refractivity contribution >= 4 is 32.5 Å². The highest BCUT2D eigenvalue weighted by Crippen LogP contribution is 2.27. The molecule has 3 aromatic heterocycles. The molecule has 44 heavy (non-hydrogen) atoms. The third-order valence-corrected chi connectivity index (χ3v) is 9.03. The summed E-state index contributed by atoms with van der Waals surface area (Å²) in [4.78, 5) is 30.3. The number of ether oxygens (including phenoxy) is 1. The summed E-state index contributed by atoms with van der Waals surface area (Å²) in [6.45, 7) is 7.95. The van der Waals surface area contributed by atoms with Crippen molar-refractivity contribution < 1.29 is 17.9 Å². The fourth-order valence-electron chi connectivity index (χ4n) is 5.64. The minimum absolute atomic E-state index is 0.125. The topological polar surface area (TPSA) is 140 Å². The number of nitrogens with zero attached hydrogens (tertiary/aromatic N) is 4. The van der Waals surface area contributed by atoms with Gasteiger partial charge in [-0.25, -0.2) is 18.4 Å². The molecule has 11 heteroatoms. The van der Waals surface area contributed by atoms with Crippen molar-refractivity contribution in [1.29, 1.82) is 0 Å². The lowest BCUT2D eigenvalue weighted by Crippen LogP contribution is -2.45. The summed E-state index contributed by atoms with van der Waals surface area (Å²) in [5.41, 5.74) is 9.53. The Balaban J connectivity index is 1.43. The molecule has 4 heterocycles. The molecule has 1 amide bonds. The van der Waals surface area contributed by atoms with Crippen LogP contribution in [0.15, 0.2) is 65.7 Å². The van der Waals surface area contributed by atoms with Crippen molar-refractivity contribution in [1.82, 2.24) is 20.3 Å². The highest BCUT2D eigenvalue weighted by atomic mass is 32.2. The Morgan fingerprint density at radius 1 is 1.05 bits per heavy atom. The fourth-order valence-corrected chi connectivity index (χ4v) is 6.64. The first-order chi connectivity index (χ1) is 21.0. The molecule has 232 valence electrons. The Kier molecular flexibility index (Phi) is 9.57. The van der Waals surface area contributed by atoms with Crippen LogP contribution in [-0.2, 0) is 14.6 Å². The molecular formula is C33H40N6O4S. The maximum Gasteiger partial charge on any atom is 0.251 e. The second-order valence-corrected chi connectivity index (χ2v) is 13.6. The van der Waals surface area contributed by atoms with Gasteiger partial charge >= 0.3 is 0 Å². The van der Waals surface area contributed by atoms with Crippen LogP contribution in [0, 0.1) is 6.92 Å². The van der Waals surface area contributed by atoms with Crippen LogP contribution in [0.5, 0.6) is 0 Å². The van der Waals surface area contributed by atoms with Crippen LogP contribution in [0.3, 0.4) is 0 Å². The number of nitrogens with two attached hydrogens (primary N) is 1. The van der Waals surface area contributed by atoms with Gasteiger partial charge in [0, 0.05) is 36.5 Å². The van der Waals surface area contributed by atoms with Crippen molar-refractivity contribution in [3.05, 3.63) is 77.6 Å². The van der Waals surface area contributed by atoms with Crippen molar-refractivity contribution in [3.8, 4) is 11.4 Å². The number of carbonyl (C=O) groups excluding carboxylic acids is 1. The van der Waals surface area contributed by atoms with Crippen molar-refractivity contribution in [2.45, 2.75) is 63.2 Å². The van der Waals surface area contributed by atoms with E-state index in [0.29, 0.717) is 24.2 Å². The highest BCUT2D eigenvalue weighted by Gasteiger charge is 2.24. The van der Waals surface area contributed by atoms with Crippen molar-refractivity contribution in [3.63, 3.8) is 0 Å². The van der Waals surface area contributed by atoms with Crippen molar-refractivity contribution in [2.24, 2.45) is 5.73 Å². The summed E-state index contributed by atoms with van der Waals surface area (Å²) in [5.74, 6) is 0.517. The number of hydrogen-bond acceptors (Lipinski definition) is 9. The van der Waals surface area contributed by atoms with Crippen LogP contribution in [0.4, 0.5) is 5.82 Å². The molecule has 0 unspecified atom stereocenters. The first-order valence-electron chi connectivity index (χ1n) is 15.0. The molecule has 0 spiro atoms. The third kappa shape index (κ3) is 7.40. The van der Waals surface area contributed by atoms with Gasteiger partial charge < -0.3 is 20.7 Å². The molecule has 4 aromatic rings. The summed E-state index contributed by atoms with van der Waals surface area (Å²) < 4.78 is 30.4. The number of unbranched alkanes of at least 4 members (excludes halogenated alkanes) is 1. The number of morpholine rings is 1. The zero-order valence-electron chi connectivity index (χ0n) is 25.7. The average molecular weight is 617 g/mol. The van der Waals surface area contributed by atoms with Crippen molar-refractivity contribution in [2.75, 3.05) is 30.8 Å². The lowest BCUT2D eigenvalue weighted by atomic mass is 10.0. The molecule has 0 saturated carbocycles. The van der Waals surface area contributed by atoms with Gasteiger partial charge in [-0.2, -0.15) is 0 Å². The van der Waals surface area contributed by atoms with Crippen LogP contribution in [0.2, 0.25) is 0 Å². The predicted octanol–water partition coefficient (Wildman–Crippen LogP) is 4.62. The number of carbonyl (C=O) groups is 1. The van der Waals surface area contributed by atoms with Crippen LogP contribution >= 0.6 is 0 Å². The van der Waals surface area contributed by atoms with E-state index in [9.17, 15) is 13.2 Å². The summed E-state index contributed by atoms with van der Waals surface area (Å²) in [7, 11) is -3.48. The quantitative estimate of drug-likeness (QED) is 0.244. The smallest absolute Gasteiger partial charge is 0.251 e. The summed E-state index contributed by atoms with van der Waals surface area (Å²) in [6, 6.07) is 16.1. The van der Waals surface area contributed by atoms with E-state index in [4.69, 9.17) is 20.4 Å². The average Bonchev–Trinajstić information content (AvgIpc) is 2.99. The fraction of sp³-hybridized carbons (Fsp3) is 0.394. The molecule has 0 aliphatic carbocycles. The zero-order chi connectivity index (χ0) is 31.4. The summed E-state index contributed by atoms with van der Waals surface area (Å²) in [6.07, 6.45) is 5.35. The van der Waals surface area contributed by atoms with Crippen LogP contribution in [0.1, 0.15) is 60.8 Å². The number of nitrogens with one attached hydrogen (secondary N) is 1. The predicted molar refractivity (Wildman–Crippen MR) is 172 cm³/mol. The molecule has 0 bridgehead atoms. The Morgan fingerprint density at radius 2 is 1.80 bits per heavy atom. The van der Waals surface area contributed by atoms with E-state index >= 15 is 0 Å². The minimum atomic E-state index is -3.48. The molecule has 1 aliphatic heterocycles. The molecule has 0 radical (unpaired) electrons. The second kappa shape index (κ2) is 13.4. The first kappa shape index (κ1) is 31.5. The number of hydrogen-bond donors (Lipinski definition) is 2. The summed E-state index contributed by atoms with van der Waals surface area (Å²) >= 11 is 0. The monoisotopic (exact) mass is 616 g/mol. The van der Waals surface area contributed by atoms with E-state index in [-0.39, 0.29) is 28.6 Å². The Labute approximate surface area is 259 Å². The maximum atomic E-state index is 13.4. The first-order valence-corrected chi connectivity index (χ1v) is 16.9. The molecule has 3 atom stereocenters. The van der Waals surface area contributed by atoms with E-state index in [2.05, 4.69) is 29.0 Å². The Morgan fingerprint density at radius 3 is 2.52 bits per heavy atom. The van der Waals surface area contributed by atoms with E-state index in [1.54, 1.807) is 25.3 Å². The SMILES string of the molecule is Cc1ccc(C(=O)N[C@H](CCCCN)c2cc3nc(-c4cccc(N5C[C@@H](C)O[C@@H](C)C5)n4)ccc3cn2)cc1S(C)(=O)=O. The number of anilines is 1. The lowest BCUT2D eigenvalue weighted by molar-refractivity contribution is -0.00545. The third-order valence-electron chi connectivity index (χ3n) is 7.79. The maximum absolute atomic E-state index is 13.4. The molecule has 1 aromatic carbocycles. The van der Waals surface area contributed by atoms with Gasteiger partial charge in [0.05, 0.1) is 45.7 Å².